The summed E-state index contributed by atoms with van der Waals surface area (Å²) >= 11 is 1.21. The van der Waals surface area contributed by atoms with Crippen LogP contribution in [0.2, 0.25) is 0 Å². The topological polar surface area (TPSA) is 40.9 Å². The van der Waals surface area contributed by atoms with Crippen LogP contribution in [0.3, 0.4) is 0 Å². The van der Waals surface area contributed by atoms with Crippen molar-refractivity contribution < 1.29 is 4.79 Å². The first kappa shape index (κ1) is 14.4. The quantitative estimate of drug-likeness (QED) is 0.784. The van der Waals surface area contributed by atoms with Crippen molar-refractivity contribution in [3.8, 4) is 6.07 Å². The molecule has 0 amide bonds. The molecule has 20 heavy (non-hydrogen) atoms. The maximum atomic E-state index is 12.1. The van der Waals surface area contributed by atoms with Gasteiger partial charge in [-0.25, -0.2) is 0 Å². The first-order valence-electron chi connectivity index (χ1n) is 6.41. The zero-order valence-electron chi connectivity index (χ0n) is 11.2. The summed E-state index contributed by atoms with van der Waals surface area (Å²) in [5, 5.41) is 9.25. The van der Waals surface area contributed by atoms with Crippen molar-refractivity contribution in [3.05, 3.63) is 65.7 Å². The molecule has 0 unspecified atom stereocenters. The van der Waals surface area contributed by atoms with Crippen molar-refractivity contribution in [1.29, 1.82) is 5.26 Å². The zero-order chi connectivity index (χ0) is 14.4. The third-order valence-electron chi connectivity index (χ3n) is 2.95. The number of nitrogens with zero attached hydrogens (tertiary/aromatic N) is 1. The van der Waals surface area contributed by atoms with Crippen LogP contribution in [0.25, 0.3) is 0 Å². The van der Waals surface area contributed by atoms with Crippen LogP contribution in [0.4, 0.5) is 0 Å². The van der Waals surface area contributed by atoms with E-state index in [9.17, 15) is 10.1 Å². The SMILES string of the molecule is Cc1cccc(SC(=O)C[C@@H](C#N)c2ccccc2)c1. The highest BCUT2D eigenvalue weighted by Crippen LogP contribution is 2.26. The highest BCUT2D eigenvalue weighted by molar-refractivity contribution is 8.13. The average Bonchev–Trinajstić information content (AvgIpc) is 2.45. The number of rotatable bonds is 4. The Morgan fingerprint density at radius 2 is 1.95 bits per heavy atom. The van der Waals surface area contributed by atoms with E-state index in [-0.39, 0.29) is 17.5 Å². The summed E-state index contributed by atoms with van der Waals surface area (Å²) in [5.74, 6) is -0.374. The molecule has 2 aromatic rings. The predicted octanol–water partition coefficient (Wildman–Crippen LogP) is 4.31. The Hall–Kier alpha value is -2.05. The van der Waals surface area contributed by atoms with Crippen molar-refractivity contribution in [1.82, 2.24) is 0 Å². The minimum absolute atomic E-state index is 0.0194. The maximum Gasteiger partial charge on any atom is 0.195 e. The van der Waals surface area contributed by atoms with Crippen molar-refractivity contribution >= 4 is 16.9 Å². The van der Waals surface area contributed by atoms with Crippen LogP contribution in [0.15, 0.2) is 59.5 Å². The molecular weight excluding hydrogens is 266 g/mol. The molecule has 0 heterocycles. The standard InChI is InChI=1S/C17H15NOS/c1-13-6-5-9-16(10-13)20-17(19)11-15(12-18)14-7-3-2-4-8-14/h2-10,15H,11H2,1H3/t15-/m0/s1. The van der Waals surface area contributed by atoms with E-state index in [0.29, 0.717) is 0 Å². The molecule has 0 saturated carbocycles. The van der Waals surface area contributed by atoms with Gasteiger partial charge in [0.05, 0.1) is 12.0 Å². The van der Waals surface area contributed by atoms with Crippen molar-refractivity contribution in [2.24, 2.45) is 0 Å². The second-order valence-electron chi connectivity index (χ2n) is 4.59. The summed E-state index contributed by atoms with van der Waals surface area (Å²) < 4.78 is 0. The van der Waals surface area contributed by atoms with Gasteiger partial charge in [-0.15, -0.1) is 0 Å². The number of thioether (sulfide) groups is 1. The second-order valence-corrected chi connectivity index (χ2v) is 5.72. The fourth-order valence-corrected chi connectivity index (χ4v) is 2.85. The molecule has 0 aromatic heterocycles. The van der Waals surface area contributed by atoms with Gasteiger partial charge in [0.25, 0.3) is 0 Å². The smallest absolute Gasteiger partial charge is 0.195 e. The molecule has 0 radical (unpaired) electrons. The molecular formula is C17H15NOS. The van der Waals surface area contributed by atoms with Gasteiger partial charge in [0.2, 0.25) is 0 Å². The number of nitriles is 1. The lowest BCUT2D eigenvalue weighted by Gasteiger charge is -2.08. The Balaban J connectivity index is 2.02. The van der Waals surface area contributed by atoms with Crippen LogP contribution in [0.1, 0.15) is 23.5 Å². The zero-order valence-corrected chi connectivity index (χ0v) is 12.1. The fraction of sp³-hybridized carbons (Fsp3) is 0.176. The van der Waals surface area contributed by atoms with E-state index in [0.717, 1.165) is 16.0 Å². The largest absolute Gasteiger partial charge is 0.287 e. The molecule has 2 aromatic carbocycles. The Morgan fingerprint density at radius 3 is 2.60 bits per heavy atom. The number of carbonyl (C=O) groups excluding carboxylic acids is 1. The lowest BCUT2D eigenvalue weighted by Crippen LogP contribution is -2.02. The van der Waals surface area contributed by atoms with Gasteiger partial charge in [0, 0.05) is 11.3 Å². The van der Waals surface area contributed by atoms with Gasteiger partial charge in [0.1, 0.15) is 0 Å². The van der Waals surface area contributed by atoms with E-state index in [1.165, 1.54) is 11.8 Å². The summed E-state index contributed by atoms with van der Waals surface area (Å²) in [5.41, 5.74) is 2.02. The summed E-state index contributed by atoms with van der Waals surface area (Å²) in [4.78, 5) is 13.0. The van der Waals surface area contributed by atoms with Crippen LogP contribution in [0.5, 0.6) is 0 Å². The van der Waals surface area contributed by atoms with E-state index in [2.05, 4.69) is 6.07 Å². The molecule has 2 nitrogen and oxygen atoms in total. The fourth-order valence-electron chi connectivity index (χ4n) is 1.94. The van der Waals surface area contributed by atoms with E-state index in [1.807, 2.05) is 61.5 Å². The van der Waals surface area contributed by atoms with Gasteiger partial charge in [-0.05, 0) is 24.6 Å². The molecule has 0 N–H and O–H groups in total. The highest BCUT2D eigenvalue weighted by atomic mass is 32.2. The normalized spacial score (nSPS) is 11.6. The lowest BCUT2D eigenvalue weighted by molar-refractivity contribution is -0.111. The monoisotopic (exact) mass is 281 g/mol. The van der Waals surface area contributed by atoms with Crippen LogP contribution in [-0.4, -0.2) is 5.12 Å². The minimum atomic E-state index is -0.374. The molecule has 3 heteroatoms. The molecule has 0 saturated heterocycles. The number of hydrogen-bond donors (Lipinski definition) is 0. The molecule has 0 bridgehead atoms. The van der Waals surface area contributed by atoms with Gasteiger partial charge in [0.15, 0.2) is 5.12 Å². The first-order chi connectivity index (χ1) is 9.69. The molecule has 0 aliphatic carbocycles. The van der Waals surface area contributed by atoms with E-state index in [4.69, 9.17) is 0 Å². The summed E-state index contributed by atoms with van der Waals surface area (Å²) in [6, 6.07) is 19.5. The Bertz CT molecular complexity index is 631. The van der Waals surface area contributed by atoms with Gasteiger partial charge >= 0.3 is 0 Å². The Morgan fingerprint density at radius 1 is 1.20 bits per heavy atom. The van der Waals surface area contributed by atoms with Gasteiger partial charge in [-0.3, -0.25) is 4.79 Å². The van der Waals surface area contributed by atoms with Crippen molar-refractivity contribution in [3.63, 3.8) is 0 Å². The molecule has 0 spiro atoms. The van der Waals surface area contributed by atoms with Gasteiger partial charge < -0.3 is 0 Å². The van der Waals surface area contributed by atoms with Crippen molar-refractivity contribution in [2.75, 3.05) is 0 Å². The number of hydrogen-bond acceptors (Lipinski definition) is 3. The maximum absolute atomic E-state index is 12.1. The number of aryl methyl sites for hydroxylation is 1. The first-order valence-corrected chi connectivity index (χ1v) is 7.22. The molecule has 0 fully saturated rings. The Labute approximate surface area is 123 Å². The third kappa shape index (κ3) is 3.97. The third-order valence-corrected chi connectivity index (χ3v) is 3.83. The lowest BCUT2D eigenvalue weighted by atomic mass is 9.98. The molecule has 1 atom stereocenters. The van der Waals surface area contributed by atoms with Crippen molar-refractivity contribution in [2.45, 2.75) is 24.2 Å². The molecule has 100 valence electrons. The summed E-state index contributed by atoms with van der Waals surface area (Å²) in [7, 11) is 0. The number of carbonyl (C=O) groups is 1. The molecule has 0 aliphatic heterocycles. The van der Waals surface area contributed by atoms with Crippen LogP contribution < -0.4 is 0 Å². The number of benzene rings is 2. The minimum Gasteiger partial charge on any atom is -0.287 e. The van der Waals surface area contributed by atoms with Gasteiger partial charge in [-0.1, -0.05) is 59.8 Å². The second kappa shape index (κ2) is 6.93. The Kier molecular flexibility index (Phi) is 4.97. The average molecular weight is 281 g/mol. The predicted molar refractivity (Wildman–Crippen MR) is 81.5 cm³/mol. The van der Waals surface area contributed by atoms with Crippen LogP contribution in [0, 0.1) is 18.3 Å². The molecule has 2 rings (SSSR count). The summed E-state index contributed by atoms with van der Waals surface area (Å²) in [6.07, 6.45) is 0.235. The van der Waals surface area contributed by atoms with E-state index < -0.39 is 0 Å². The van der Waals surface area contributed by atoms with Crippen LogP contribution in [-0.2, 0) is 4.79 Å². The highest BCUT2D eigenvalue weighted by Gasteiger charge is 2.16. The molecule has 0 aliphatic rings. The van der Waals surface area contributed by atoms with Crippen LogP contribution >= 0.6 is 11.8 Å². The summed E-state index contributed by atoms with van der Waals surface area (Å²) in [6.45, 7) is 2.00. The van der Waals surface area contributed by atoms with Gasteiger partial charge in [-0.2, -0.15) is 5.26 Å². The van der Waals surface area contributed by atoms with E-state index in [1.54, 1.807) is 0 Å². The van der Waals surface area contributed by atoms with E-state index >= 15 is 0 Å².